The quantitative estimate of drug-likeness (QED) is 0.806. The van der Waals surface area contributed by atoms with Gasteiger partial charge in [0.05, 0.1) is 18.3 Å². The van der Waals surface area contributed by atoms with Crippen LogP contribution in [0, 0.1) is 5.92 Å². The Morgan fingerprint density at radius 2 is 2.29 bits per heavy atom. The summed E-state index contributed by atoms with van der Waals surface area (Å²) in [7, 11) is 0. The molecule has 1 amide bonds. The van der Waals surface area contributed by atoms with E-state index in [9.17, 15) is 4.79 Å². The molecule has 2 aliphatic rings. The zero-order chi connectivity index (χ0) is 12.4. The third-order valence-electron chi connectivity index (χ3n) is 3.62. The fraction of sp³-hybridized carbons (Fsp3) is 0.923. The molecule has 2 saturated heterocycles. The number of nitrogens with zero attached hydrogens (tertiary/aromatic N) is 1. The topological polar surface area (TPSA) is 41.6 Å². The van der Waals surface area contributed by atoms with Gasteiger partial charge in [0, 0.05) is 13.2 Å². The van der Waals surface area contributed by atoms with Crippen molar-refractivity contribution < 1.29 is 9.53 Å². The molecule has 0 saturated carbocycles. The number of carbonyl (C=O) groups is 1. The molecule has 4 nitrogen and oxygen atoms in total. The van der Waals surface area contributed by atoms with E-state index in [2.05, 4.69) is 26.1 Å². The molecule has 3 unspecified atom stereocenters. The molecule has 17 heavy (non-hydrogen) atoms. The molecule has 0 aromatic heterocycles. The summed E-state index contributed by atoms with van der Waals surface area (Å²) in [4.78, 5) is 14.2. The number of hydrogen-bond acceptors (Lipinski definition) is 3. The van der Waals surface area contributed by atoms with Crippen molar-refractivity contribution in [1.29, 1.82) is 0 Å². The van der Waals surface area contributed by atoms with Crippen LogP contribution in [0.15, 0.2) is 0 Å². The van der Waals surface area contributed by atoms with Crippen molar-refractivity contribution in [2.24, 2.45) is 5.92 Å². The highest BCUT2D eigenvalue weighted by Crippen LogP contribution is 2.20. The van der Waals surface area contributed by atoms with Gasteiger partial charge in [-0.1, -0.05) is 13.8 Å². The first-order chi connectivity index (χ1) is 8.08. The van der Waals surface area contributed by atoms with Gasteiger partial charge in [-0.05, 0) is 32.1 Å². The van der Waals surface area contributed by atoms with Crippen LogP contribution >= 0.6 is 0 Å². The van der Waals surface area contributed by atoms with Gasteiger partial charge in [-0.2, -0.15) is 0 Å². The van der Waals surface area contributed by atoms with E-state index in [1.54, 1.807) is 0 Å². The first-order valence-electron chi connectivity index (χ1n) is 6.76. The van der Waals surface area contributed by atoms with Crippen LogP contribution in [0.5, 0.6) is 0 Å². The summed E-state index contributed by atoms with van der Waals surface area (Å²) in [6.45, 7) is 7.98. The van der Waals surface area contributed by atoms with Crippen LogP contribution in [0.3, 0.4) is 0 Å². The average Bonchev–Trinajstić information content (AvgIpc) is 2.83. The van der Waals surface area contributed by atoms with Crippen molar-refractivity contribution in [2.75, 3.05) is 13.2 Å². The van der Waals surface area contributed by atoms with Crippen LogP contribution in [0.25, 0.3) is 0 Å². The summed E-state index contributed by atoms with van der Waals surface area (Å²) < 4.78 is 5.61. The van der Waals surface area contributed by atoms with Crippen LogP contribution in [-0.2, 0) is 9.53 Å². The fourth-order valence-corrected chi connectivity index (χ4v) is 2.74. The molecule has 1 N–H and O–H groups in total. The lowest BCUT2D eigenvalue weighted by molar-refractivity contribution is -0.131. The summed E-state index contributed by atoms with van der Waals surface area (Å²) in [5.41, 5.74) is 0. The number of hydrogen-bond donors (Lipinski definition) is 1. The van der Waals surface area contributed by atoms with Crippen molar-refractivity contribution in [1.82, 2.24) is 10.2 Å². The van der Waals surface area contributed by atoms with E-state index in [-0.39, 0.29) is 24.2 Å². The number of amides is 1. The molecule has 4 heteroatoms. The van der Waals surface area contributed by atoms with Crippen molar-refractivity contribution in [3.63, 3.8) is 0 Å². The van der Waals surface area contributed by atoms with Gasteiger partial charge in [0.2, 0.25) is 5.91 Å². The second kappa shape index (κ2) is 5.36. The van der Waals surface area contributed by atoms with Crippen molar-refractivity contribution >= 4 is 5.91 Å². The first kappa shape index (κ1) is 12.8. The summed E-state index contributed by atoms with van der Waals surface area (Å²) in [5, 5.41) is 3.38. The maximum absolute atomic E-state index is 12.2. The second-order valence-corrected chi connectivity index (χ2v) is 5.65. The zero-order valence-corrected chi connectivity index (χ0v) is 11.1. The molecule has 0 aromatic carbocycles. The Hall–Kier alpha value is -0.610. The molecule has 2 aliphatic heterocycles. The van der Waals surface area contributed by atoms with Gasteiger partial charge in [0.25, 0.3) is 0 Å². The predicted molar refractivity (Wildman–Crippen MR) is 66.5 cm³/mol. The minimum atomic E-state index is 0.00593. The minimum Gasteiger partial charge on any atom is -0.376 e. The van der Waals surface area contributed by atoms with Crippen LogP contribution < -0.4 is 5.32 Å². The summed E-state index contributed by atoms with van der Waals surface area (Å²) in [6, 6.07) is 0.00593. The number of rotatable bonds is 4. The van der Waals surface area contributed by atoms with E-state index in [1.807, 2.05) is 4.90 Å². The highest BCUT2D eigenvalue weighted by Gasteiger charge is 2.37. The molecule has 2 fully saturated rings. The lowest BCUT2D eigenvalue weighted by atomic mass is 10.0. The highest BCUT2D eigenvalue weighted by molar-refractivity contribution is 5.84. The molecule has 98 valence electrons. The first-order valence-corrected chi connectivity index (χ1v) is 6.76. The SMILES string of the molecule is CC(C)CC1NC(C)N(CC2CCCO2)C1=O. The van der Waals surface area contributed by atoms with E-state index in [0.717, 1.165) is 32.4 Å². The Morgan fingerprint density at radius 3 is 2.88 bits per heavy atom. The maximum Gasteiger partial charge on any atom is 0.241 e. The lowest BCUT2D eigenvalue weighted by Crippen LogP contribution is -2.40. The maximum atomic E-state index is 12.2. The molecular weight excluding hydrogens is 216 g/mol. The van der Waals surface area contributed by atoms with E-state index in [1.165, 1.54) is 0 Å². The third-order valence-corrected chi connectivity index (χ3v) is 3.62. The Labute approximate surface area is 104 Å². The molecule has 2 rings (SSSR count). The average molecular weight is 240 g/mol. The van der Waals surface area contributed by atoms with Crippen molar-refractivity contribution in [3.05, 3.63) is 0 Å². The van der Waals surface area contributed by atoms with E-state index in [0.29, 0.717) is 5.92 Å². The van der Waals surface area contributed by atoms with Gasteiger partial charge < -0.3 is 9.64 Å². The molecule has 0 bridgehead atoms. The van der Waals surface area contributed by atoms with Gasteiger partial charge in [-0.3, -0.25) is 10.1 Å². The number of carbonyl (C=O) groups excluding carboxylic acids is 1. The number of nitrogens with one attached hydrogen (secondary N) is 1. The lowest BCUT2D eigenvalue weighted by Gasteiger charge is -2.23. The highest BCUT2D eigenvalue weighted by atomic mass is 16.5. The van der Waals surface area contributed by atoms with Crippen molar-refractivity contribution in [2.45, 2.75) is 58.3 Å². The Morgan fingerprint density at radius 1 is 1.53 bits per heavy atom. The van der Waals surface area contributed by atoms with E-state index in [4.69, 9.17) is 4.74 Å². The van der Waals surface area contributed by atoms with Crippen LogP contribution in [-0.4, -0.2) is 42.3 Å². The molecule has 0 aromatic rings. The molecule has 2 heterocycles. The smallest absolute Gasteiger partial charge is 0.241 e. The van der Waals surface area contributed by atoms with E-state index < -0.39 is 0 Å². The zero-order valence-electron chi connectivity index (χ0n) is 11.1. The Balaban J connectivity index is 1.91. The molecule has 3 atom stereocenters. The summed E-state index contributed by atoms with van der Waals surface area (Å²) in [5.74, 6) is 0.799. The van der Waals surface area contributed by atoms with Crippen LogP contribution in [0.1, 0.15) is 40.0 Å². The van der Waals surface area contributed by atoms with Crippen molar-refractivity contribution in [3.8, 4) is 0 Å². The van der Waals surface area contributed by atoms with Gasteiger partial charge in [-0.15, -0.1) is 0 Å². The summed E-state index contributed by atoms with van der Waals surface area (Å²) >= 11 is 0. The normalized spacial score (nSPS) is 34.0. The number of ether oxygens (including phenoxy) is 1. The largest absolute Gasteiger partial charge is 0.376 e. The molecular formula is C13H24N2O2. The Kier molecular flexibility index (Phi) is 4.05. The third kappa shape index (κ3) is 2.99. The second-order valence-electron chi connectivity index (χ2n) is 5.65. The fourth-order valence-electron chi connectivity index (χ4n) is 2.74. The molecule has 0 aliphatic carbocycles. The Bertz CT molecular complexity index is 275. The van der Waals surface area contributed by atoms with E-state index >= 15 is 0 Å². The summed E-state index contributed by atoms with van der Waals surface area (Å²) in [6.07, 6.45) is 3.54. The molecule has 0 radical (unpaired) electrons. The van der Waals surface area contributed by atoms with Gasteiger partial charge >= 0.3 is 0 Å². The monoisotopic (exact) mass is 240 g/mol. The standard InChI is InChI=1S/C13H24N2O2/c1-9(2)7-12-13(16)15(10(3)14-12)8-11-5-4-6-17-11/h9-12,14H,4-8H2,1-3H3. The van der Waals surface area contributed by atoms with Gasteiger partial charge in [0.1, 0.15) is 0 Å². The van der Waals surface area contributed by atoms with Crippen LogP contribution in [0.4, 0.5) is 0 Å². The van der Waals surface area contributed by atoms with Gasteiger partial charge in [-0.25, -0.2) is 0 Å². The minimum absolute atomic E-state index is 0.00593. The predicted octanol–water partition coefficient (Wildman–Crippen LogP) is 1.36. The van der Waals surface area contributed by atoms with Crippen LogP contribution in [0.2, 0.25) is 0 Å². The van der Waals surface area contributed by atoms with Gasteiger partial charge in [0.15, 0.2) is 0 Å². The molecule has 0 spiro atoms.